The number of amides is 1. The number of methoxy groups -OCH3 is 1. The Hall–Kier alpha value is -1.46. The summed E-state index contributed by atoms with van der Waals surface area (Å²) in [5.74, 6) is -0.506. The van der Waals surface area contributed by atoms with E-state index in [-0.39, 0.29) is 17.8 Å². The van der Waals surface area contributed by atoms with Gasteiger partial charge < -0.3 is 15.8 Å². The average Bonchev–Trinajstić information content (AvgIpc) is 2.41. The minimum Gasteiger partial charge on any atom is -0.375 e. The lowest BCUT2D eigenvalue weighted by atomic mass is 9.96. The minimum atomic E-state index is -0.879. The molecule has 3 N–H and O–H groups in total. The van der Waals surface area contributed by atoms with Gasteiger partial charge in [0.15, 0.2) is 0 Å². The summed E-state index contributed by atoms with van der Waals surface area (Å²) in [7, 11) is 1.55. The number of nitrogens with one attached hydrogen (secondary N) is 1. The molecule has 5 heteroatoms. The van der Waals surface area contributed by atoms with E-state index in [1.165, 1.54) is 12.1 Å². The van der Waals surface area contributed by atoms with Gasteiger partial charge in [-0.15, -0.1) is 0 Å². The van der Waals surface area contributed by atoms with Crippen molar-refractivity contribution in [2.75, 3.05) is 13.7 Å². The first-order valence-electron chi connectivity index (χ1n) is 6.76. The van der Waals surface area contributed by atoms with Crippen LogP contribution in [-0.4, -0.2) is 25.1 Å². The van der Waals surface area contributed by atoms with Gasteiger partial charge in [0.2, 0.25) is 5.91 Å². The maximum absolute atomic E-state index is 12.9. The lowest BCUT2D eigenvalue weighted by Gasteiger charge is -2.24. The Kier molecular flexibility index (Phi) is 6.10. The maximum atomic E-state index is 12.9. The number of hydrogen-bond donors (Lipinski definition) is 2. The molecule has 4 nitrogen and oxygen atoms in total. The van der Waals surface area contributed by atoms with Crippen LogP contribution in [0.15, 0.2) is 24.3 Å². The number of nitrogens with two attached hydrogens (primary N) is 1. The molecular formula is C15H23FN2O2. The molecule has 1 aromatic rings. The predicted molar refractivity (Wildman–Crippen MR) is 76.7 cm³/mol. The third kappa shape index (κ3) is 4.58. The van der Waals surface area contributed by atoms with Gasteiger partial charge in [-0.3, -0.25) is 4.79 Å². The fourth-order valence-corrected chi connectivity index (χ4v) is 2.03. The Morgan fingerprint density at radius 2 is 2.05 bits per heavy atom. The lowest BCUT2D eigenvalue weighted by Crippen LogP contribution is -2.52. The number of carbonyl (C=O) groups excluding carboxylic acids is 1. The summed E-state index contributed by atoms with van der Waals surface area (Å²) in [5.41, 5.74) is 5.88. The van der Waals surface area contributed by atoms with E-state index in [0.29, 0.717) is 13.0 Å². The van der Waals surface area contributed by atoms with Crippen LogP contribution in [0.25, 0.3) is 0 Å². The summed E-state index contributed by atoms with van der Waals surface area (Å²) in [5, 5.41) is 2.79. The average molecular weight is 282 g/mol. The molecule has 0 aromatic heterocycles. The van der Waals surface area contributed by atoms with Gasteiger partial charge in [0, 0.05) is 13.7 Å². The fraction of sp³-hybridized carbons (Fsp3) is 0.533. The van der Waals surface area contributed by atoms with Crippen molar-refractivity contribution in [3.05, 3.63) is 35.6 Å². The van der Waals surface area contributed by atoms with Crippen LogP contribution in [0.5, 0.6) is 0 Å². The van der Waals surface area contributed by atoms with Crippen molar-refractivity contribution in [2.24, 2.45) is 5.73 Å². The van der Waals surface area contributed by atoms with Crippen molar-refractivity contribution in [3.8, 4) is 0 Å². The zero-order chi connectivity index (χ0) is 15.2. The molecule has 0 aliphatic heterocycles. The van der Waals surface area contributed by atoms with Crippen molar-refractivity contribution in [1.29, 1.82) is 0 Å². The normalized spacial score (nSPS) is 15.4. The smallest absolute Gasteiger partial charge is 0.239 e. The molecule has 0 fully saturated rings. The number of rotatable bonds is 7. The van der Waals surface area contributed by atoms with E-state index in [0.717, 1.165) is 12.0 Å². The summed E-state index contributed by atoms with van der Waals surface area (Å²) in [6.07, 6.45) is 1.14. The Morgan fingerprint density at radius 3 is 2.55 bits per heavy atom. The number of carbonyl (C=O) groups is 1. The molecule has 0 radical (unpaired) electrons. The van der Waals surface area contributed by atoms with Gasteiger partial charge in [0.25, 0.3) is 0 Å². The van der Waals surface area contributed by atoms with E-state index >= 15 is 0 Å². The molecule has 112 valence electrons. The summed E-state index contributed by atoms with van der Waals surface area (Å²) in [4.78, 5) is 12.0. The predicted octanol–water partition coefficient (Wildman–Crippen LogP) is 2.15. The molecule has 20 heavy (non-hydrogen) atoms. The van der Waals surface area contributed by atoms with Crippen molar-refractivity contribution >= 4 is 5.91 Å². The number of hydrogen-bond acceptors (Lipinski definition) is 3. The van der Waals surface area contributed by atoms with E-state index in [1.54, 1.807) is 26.2 Å². The Balaban J connectivity index is 2.62. The molecule has 2 atom stereocenters. The van der Waals surface area contributed by atoms with Gasteiger partial charge in [-0.2, -0.15) is 0 Å². The number of benzene rings is 1. The summed E-state index contributed by atoms with van der Waals surface area (Å²) < 4.78 is 18.2. The van der Waals surface area contributed by atoms with Crippen LogP contribution < -0.4 is 11.1 Å². The molecule has 0 aliphatic rings. The van der Waals surface area contributed by atoms with Crippen molar-refractivity contribution in [3.63, 3.8) is 0 Å². The van der Waals surface area contributed by atoms with Gasteiger partial charge in [-0.25, -0.2) is 4.39 Å². The molecule has 0 spiro atoms. The second kappa shape index (κ2) is 7.36. The zero-order valence-corrected chi connectivity index (χ0v) is 12.3. The first kappa shape index (κ1) is 16.6. The standard InChI is InChI=1S/C15H23FN2O2/c1-4-9-15(2,17)14(19)18-10-13(20-3)11-5-7-12(16)8-6-11/h5-8,13H,4,9-10,17H2,1-3H3,(H,18,19). The number of ether oxygens (including phenoxy) is 1. The minimum absolute atomic E-state index is 0.205. The molecule has 2 unspecified atom stereocenters. The van der Waals surface area contributed by atoms with Crippen molar-refractivity contribution in [2.45, 2.75) is 38.3 Å². The van der Waals surface area contributed by atoms with Gasteiger partial charge in [-0.05, 0) is 31.0 Å². The number of halogens is 1. The maximum Gasteiger partial charge on any atom is 0.239 e. The molecule has 0 saturated heterocycles. The third-order valence-corrected chi connectivity index (χ3v) is 3.26. The van der Waals surface area contributed by atoms with E-state index < -0.39 is 5.54 Å². The second-order valence-electron chi connectivity index (χ2n) is 5.15. The van der Waals surface area contributed by atoms with E-state index in [4.69, 9.17) is 10.5 Å². The Morgan fingerprint density at radius 1 is 1.45 bits per heavy atom. The highest BCUT2D eigenvalue weighted by Crippen LogP contribution is 2.17. The summed E-state index contributed by atoms with van der Waals surface area (Å²) >= 11 is 0. The molecule has 0 heterocycles. The van der Waals surface area contributed by atoms with Crippen molar-refractivity contribution < 1.29 is 13.9 Å². The lowest BCUT2D eigenvalue weighted by molar-refractivity contribution is -0.126. The van der Waals surface area contributed by atoms with Crippen LogP contribution in [0.4, 0.5) is 4.39 Å². The highest BCUT2D eigenvalue weighted by Gasteiger charge is 2.27. The highest BCUT2D eigenvalue weighted by atomic mass is 19.1. The summed E-state index contributed by atoms with van der Waals surface area (Å²) in [6.45, 7) is 4.00. The highest BCUT2D eigenvalue weighted by molar-refractivity contribution is 5.85. The topological polar surface area (TPSA) is 64.4 Å². The first-order valence-corrected chi connectivity index (χ1v) is 6.76. The molecule has 0 saturated carbocycles. The zero-order valence-electron chi connectivity index (χ0n) is 12.3. The third-order valence-electron chi connectivity index (χ3n) is 3.26. The van der Waals surface area contributed by atoms with E-state index in [2.05, 4.69) is 5.32 Å². The van der Waals surface area contributed by atoms with Crippen LogP contribution in [0, 0.1) is 5.82 Å². The van der Waals surface area contributed by atoms with Crippen LogP contribution in [0.3, 0.4) is 0 Å². The largest absolute Gasteiger partial charge is 0.375 e. The molecule has 0 aliphatic carbocycles. The molecular weight excluding hydrogens is 259 g/mol. The van der Waals surface area contributed by atoms with Crippen molar-refractivity contribution in [1.82, 2.24) is 5.32 Å². The van der Waals surface area contributed by atoms with E-state index in [9.17, 15) is 9.18 Å². The van der Waals surface area contributed by atoms with Crippen LogP contribution >= 0.6 is 0 Å². The molecule has 1 amide bonds. The Bertz CT molecular complexity index is 432. The summed E-state index contributed by atoms with van der Waals surface area (Å²) in [6, 6.07) is 6.02. The van der Waals surface area contributed by atoms with Gasteiger partial charge in [0.05, 0.1) is 11.6 Å². The molecule has 1 rings (SSSR count). The van der Waals surface area contributed by atoms with Gasteiger partial charge in [-0.1, -0.05) is 25.5 Å². The quantitative estimate of drug-likeness (QED) is 0.805. The van der Waals surface area contributed by atoms with Crippen LogP contribution in [-0.2, 0) is 9.53 Å². The van der Waals surface area contributed by atoms with Crippen LogP contribution in [0.1, 0.15) is 38.4 Å². The van der Waals surface area contributed by atoms with E-state index in [1.807, 2.05) is 6.92 Å². The monoisotopic (exact) mass is 282 g/mol. The fourth-order valence-electron chi connectivity index (χ4n) is 2.03. The molecule has 0 bridgehead atoms. The molecule has 1 aromatic carbocycles. The Labute approximate surface area is 119 Å². The van der Waals surface area contributed by atoms with Gasteiger partial charge >= 0.3 is 0 Å². The van der Waals surface area contributed by atoms with Gasteiger partial charge in [0.1, 0.15) is 5.82 Å². The first-order chi connectivity index (χ1) is 9.40. The SMILES string of the molecule is CCCC(C)(N)C(=O)NCC(OC)c1ccc(F)cc1. The van der Waals surface area contributed by atoms with Crippen LogP contribution in [0.2, 0.25) is 0 Å². The second-order valence-corrected chi connectivity index (χ2v) is 5.15.